The summed E-state index contributed by atoms with van der Waals surface area (Å²) in [5.74, 6) is 0.240. The molecule has 29 heavy (non-hydrogen) atoms. The SMILES string of the molecule is CCCC(=O)NC1CCCCC1.[CH2-]C.[CH2-]CN(C[CH2-])c1cccc(CC)c1Cl.[K+]. The zero-order valence-corrected chi connectivity index (χ0v) is 23.1. The van der Waals surface area contributed by atoms with Gasteiger partial charge in [-0.1, -0.05) is 56.8 Å². The number of rotatable bonds is 7. The first-order valence-electron chi connectivity index (χ1n) is 10.7. The number of aryl methyl sites for hydroxylation is 1. The quantitative estimate of drug-likeness (QED) is 0.513. The van der Waals surface area contributed by atoms with Gasteiger partial charge in [-0.05, 0) is 37.3 Å². The van der Waals surface area contributed by atoms with Gasteiger partial charge in [0.2, 0.25) is 5.91 Å². The molecule has 1 amide bonds. The van der Waals surface area contributed by atoms with E-state index in [1.807, 2.05) is 19.1 Å². The minimum Gasteiger partial charge on any atom is -0.430 e. The maximum atomic E-state index is 11.2. The second kappa shape index (κ2) is 20.3. The van der Waals surface area contributed by atoms with Gasteiger partial charge in [0.05, 0.1) is 10.7 Å². The molecule has 5 heteroatoms. The van der Waals surface area contributed by atoms with Gasteiger partial charge in [0.25, 0.3) is 0 Å². The number of halogens is 1. The fourth-order valence-corrected chi connectivity index (χ4v) is 3.59. The Morgan fingerprint density at radius 3 is 2.21 bits per heavy atom. The van der Waals surface area contributed by atoms with E-state index in [9.17, 15) is 4.79 Å². The van der Waals surface area contributed by atoms with Crippen molar-refractivity contribution in [1.82, 2.24) is 5.32 Å². The van der Waals surface area contributed by atoms with Crippen LogP contribution >= 0.6 is 11.6 Å². The topological polar surface area (TPSA) is 32.3 Å². The molecule has 1 fully saturated rings. The fourth-order valence-electron chi connectivity index (χ4n) is 3.21. The first-order chi connectivity index (χ1) is 13.6. The summed E-state index contributed by atoms with van der Waals surface area (Å²) in [6.07, 6.45) is 8.91. The van der Waals surface area contributed by atoms with Gasteiger partial charge >= 0.3 is 51.4 Å². The van der Waals surface area contributed by atoms with E-state index in [0.29, 0.717) is 25.6 Å². The van der Waals surface area contributed by atoms with Crippen LogP contribution in [-0.2, 0) is 11.2 Å². The largest absolute Gasteiger partial charge is 1.00 e. The number of nitrogens with zero attached hydrogens (tertiary/aromatic N) is 1. The molecule has 2 rings (SSSR count). The molecule has 0 atom stereocenters. The molecule has 3 nitrogen and oxygen atoms in total. The maximum absolute atomic E-state index is 11.2. The number of carbonyl (C=O) groups is 1. The van der Waals surface area contributed by atoms with Gasteiger partial charge in [0, 0.05) is 12.5 Å². The number of anilines is 1. The van der Waals surface area contributed by atoms with Gasteiger partial charge < -0.3 is 31.0 Å². The summed E-state index contributed by atoms with van der Waals surface area (Å²) in [5, 5.41) is 3.92. The van der Waals surface area contributed by atoms with Crippen molar-refractivity contribution in [3.8, 4) is 0 Å². The molecule has 162 valence electrons. The average Bonchev–Trinajstić information content (AvgIpc) is 2.73. The van der Waals surface area contributed by atoms with E-state index in [4.69, 9.17) is 11.6 Å². The normalized spacial score (nSPS) is 13.1. The first kappa shape index (κ1) is 31.6. The Bertz CT molecular complexity index is 530. The van der Waals surface area contributed by atoms with Crippen molar-refractivity contribution in [1.29, 1.82) is 0 Å². The summed E-state index contributed by atoms with van der Waals surface area (Å²) >= 11 is 6.26. The Morgan fingerprint density at radius 1 is 1.14 bits per heavy atom. The van der Waals surface area contributed by atoms with Gasteiger partial charge in [-0.25, -0.2) is 0 Å². The number of hydrogen-bond acceptors (Lipinski definition) is 2. The number of nitrogens with one attached hydrogen (secondary N) is 1. The number of hydrogen-bond donors (Lipinski definition) is 1. The van der Waals surface area contributed by atoms with E-state index in [2.05, 4.69) is 44.0 Å². The van der Waals surface area contributed by atoms with Crippen molar-refractivity contribution < 1.29 is 56.2 Å². The van der Waals surface area contributed by atoms with Gasteiger partial charge in [0.1, 0.15) is 0 Å². The van der Waals surface area contributed by atoms with E-state index in [1.165, 1.54) is 37.7 Å². The molecule has 1 aliphatic carbocycles. The van der Waals surface area contributed by atoms with Crippen LogP contribution in [0.3, 0.4) is 0 Å². The molecule has 1 aliphatic rings. The Hall–Kier alpha value is 0.416. The van der Waals surface area contributed by atoms with Crippen LogP contribution in [0.15, 0.2) is 18.2 Å². The van der Waals surface area contributed by atoms with Crippen LogP contribution in [0.25, 0.3) is 0 Å². The van der Waals surface area contributed by atoms with E-state index < -0.39 is 0 Å². The number of carbonyl (C=O) groups excluding carboxylic acids is 1. The van der Waals surface area contributed by atoms with Crippen molar-refractivity contribution in [2.45, 2.75) is 78.2 Å². The van der Waals surface area contributed by atoms with Gasteiger partial charge in [0.15, 0.2) is 0 Å². The molecule has 0 unspecified atom stereocenters. The molecule has 1 saturated carbocycles. The minimum atomic E-state index is 0. The molecule has 0 spiro atoms. The zero-order valence-electron chi connectivity index (χ0n) is 19.2. The fraction of sp³-hybridized carbons (Fsp3) is 0.583. The van der Waals surface area contributed by atoms with E-state index in [1.54, 1.807) is 6.92 Å². The van der Waals surface area contributed by atoms with E-state index in [-0.39, 0.29) is 57.3 Å². The molecule has 1 aromatic carbocycles. The minimum absolute atomic E-state index is 0. The third-order valence-corrected chi connectivity index (χ3v) is 5.20. The number of amides is 1. The smallest absolute Gasteiger partial charge is 0.430 e. The van der Waals surface area contributed by atoms with Crippen molar-refractivity contribution in [2.75, 3.05) is 18.0 Å². The van der Waals surface area contributed by atoms with Crippen LogP contribution in [0.1, 0.15) is 71.3 Å². The zero-order chi connectivity index (χ0) is 21.4. The maximum Gasteiger partial charge on any atom is 1.00 e. The molecule has 0 bridgehead atoms. The Labute approximate surface area is 228 Å². The third-order valence-electron chi connectivity index (χ3n) is 4.77. The predicted molar refractivity (Wildman–Crippen MR) is 125 cm³/mol. The van der Waals surface area contributed by atoms with Crippen LogP contribution in [0.5, 0.6) is 0 Å². The summed E-state index contributed by atoms with van der Waals surface area (Å²) < 4.78 is 0. The molecular formula is C24H40ClKN2O-2. The van der Waals surface area contributed by atoms with Gasteiger partial charge in [-0.15, -0.1) is 13.1 Å². The second-order valence-corrected chi connectivity index (χ2v) is 7.12. The standard InChI is InChI=1S/C12H16ClN.C10H19NO.C2H5.K/c1-4-10-8-7-9-11(12(10)13)14(5-2)6-3;1-2-6-10(12)11-9-7-4-3-5-8-9;1-2;/h7-9H,2-6H2,1H3;9H,2-8H2,1H3,(H,11,12);1H2,2H3;/q-2;;-1;+1. The Morgan fingerprint density at radius 2 is 1.72 bits per heavy atom. The van der Waals surface area contributed by atoms with Crippen LogP contribution in [0.2, 0.25) is 5.02 Å². The van der Waals surface area contributed by atoms with Gasteiger partial charge in [-0.2, -0.15) is 6.92 Å². The molecule has 0 aromatic heterocycles. The summed E-state index contributed by atoms with van der Waals surface area (Å²) in [6, 6.07) is 6.57. The van der Waals surface area contributed by atoms with Crippen LogP contribution in [-0.4, -0.2) is 25.0 Å². The summed E-state index contributed by atoms with van der Waals surface area (Å²) in [6.45, 7) is 18.2. The molecule has 0 saturated heterocycles. The molecule has 1 aromatic rings. The van der Waals surface area contributed by atoms with Crippen molar-refractivity contribution in [3.63, 3.8) is 0 Å². The van der Waals surface area contributed by atoms with Crippen molar-refractivity contribution in [3.05, 3.63) is 49.6 Å². The van der Waals surface area contributed by atoms with Crippen LogP contribution < -0.4 is 61.6 Å². The molecule has 0 aliphatic heterocycles. The number of benzene rings is 1. The third kappa shape index (κ3) is 12.8. The second-order valence-electron chi connectivity index (χ2n) is 6.74. The molecule has 0 radical (unpaired) electrons. The van der Waals surface area contributed by atoms with E-state index >= 15 is 0 Å². The monoisotopic (exact) mass is 446 g/mol. The summed E-state index contributed by atoms with van der Waals surface area (Å²) in [4.78, 5) is 13.3. The summed E-state index contributed by atoms with van der Waals surface area (Å²) in [5.41, 5.74) is 2.21. The van der Waals surface area contributed by atoms with Gasteiger partial charge in [-0.3, -0.25) is 4.79 Å². The Balaban J connectivity index is 0. The molecule has 0 heterocycles. The van der Waals surface area contributed by atoms with Crippen molar-refractivity contribution in [2.24, 2.45) is 0 Å². The van der Waals surface area contributed by atoms with Crippen LogP contribution in [0.4, 0.5) is 5.69 Å². The van der Waals surface area contributed by atoms with Crippen LogP contribution in [0, 0.1) is 20.8 Å². The molecular weight excluding hydrogens is 407 g/mol. The van der Waals surface area contributed by atoms with Crippen molar-refractivity contribution >= 4 is 23.2 Å². The first-order valence-corrected chi connectivity index (χ1v) is 11.1. The molecule has 1 N–H and O–H groups in total. The predicted octanol–water partition coefficient (Wildman–Crippen LogP) is 3.46. The Kier molecular flexibility index (Phi) is 22.1. The summed E-state index contributed by atoms with van der Waals surface area (Å²) in [7, 11) is 0. The average molecular weight is 447 g/mol. The van der Waals surface area contributed by atoms with E-state index in [0.717, 1.165) is 23.6 Å².